The summed E-state index contributed by atoms with van der Waals surface area (Å²) in [6.45, 7) is 1.87. The number of carbonyl (C=O) groups is 2. The van der Waals surface area contributed by atoms with Gasteiger partial charge in [-0.1, -0.05) is 0 Å². The fraction of sp³-hybridized carbons (Fsp3) is 0.615. The number of nitrogens with two attached hydrogens (primary N) is 1. The van der Waals surface area contributed by atoms with Gasteiger partial charge in [-0.3, -0.25) is 4.79 Å². The van der Waals surface area contributed by atoms with Crippen LogP contribution in [-0.4, -0.2) is 45.6 Å². The van der Waals surface area contributed by atoms with Crippen molar-refractivity contribution in [3.63, 3.8) is 0 Å². The van der Waals surface area contributed by atoms with Crippen molar-refractivity contribution in [2.75, 3.05) is 13.1 Å². The molecule has 0 amide bonds. The van der Waals surface area contributed by atoms with Crippen LogP contribution in [0.1, 0.15) is 31.4 Å². The monoisotopic (exact) mass is 296 g/mol. The highest BCUT2D eigenvalue weighted by Gasteiger charge is 2.59. The van der Waals surface area contributed by atoms with E-state index in [0.29, 0.717) is 17.4 Å². The first-order valence-corrected chi connectivity index (χ1v) is 7.13. The minimum Gasteiger partial charge on any atom is -0.480 e. The van der Waals surface area contributed by atoms with Gasteiger partial charge in [-0.15, -0.1) is 4.57 Å². The molecule has 3 atom stereocenters. The zero-order valence-electron chi connectivity index (χ0n) is 11.7. The van der Waals surface area contributed by atoms with Crippen molar-refractivity contribution in [2.45, 2.75) is 38.2 Å². The number of carboxylic acids is 1. The minimum atomic E-state index is -0.966. The summed E-state index contributed by atoms with van der Waals surface area (Å²) in [6, 6.07) is -0.807. The van der Waals surface area contributed by atoms with Gasteiger partial charge in [-0.2, -0.15) is 0 Å². The number of aromatic amines is 1. The van der Waals surface area contributed by atoms with Gasteiger partial charge < -0.3 is 15.6 Å². The molecular formula is C13H20N4O4+2. The van der Waals surface area contributed by atoms with Gasteiger partial charge in [0.1, 0.15) is 18.4 Å². The summed E-state index contributed by atoms with van der Waals surface area (Å²) in [5.74, 6) is -0.0948. The Morgan fingerprint density at radius 3 is 3.14 bits per heavy atom. The van der Waals surface area contributed by atoms with Crippen molar-refractivity contribution in [1.82, 2.24) is 4.98 Å². The number of fused-ring (bicyclic) bond motifs is 3. The first kappa shape index (κ1) is 14.0. The highest BCUT2D eigenvalue weighted by molar-refractivity contribution is 5.73. The van der Waals surface area contributed by atoms with Crippen LogP contribution in [0.2, 0.25) is 0 Å². The third kappa shape index (κ3) is 2.40. The Labute approximate surface area is 121 Å². The number of aromatic nitrogens is 2. The van der Waals surface area contributed by atoms with Crippen LogP contribution in [-0.2, 0) is 20.9 Å². The Morgan fingerprint density at radius 2 is 2.38 bits per heavy atom. The van der Waals surface area contributed by atoms with E-state index in [0.717, 1.165) is 31.8 Å². The number of aliphatic carboxylic acids is 1. The highest BCUT2D eigenvalue weighted by Crippen LogP contribution is 2.34. The molecule has 1 saturated heterocycles. The number of carbonyl (C=O) groups excluding carboxylic acids is 1. The van der Waals surface area contributed by atoms with Crippen LogP contribution in [0.3, 0.4) is 0 Å². The number of hydrogen-bond acceptors (Lipinski definition) is 4. The molecular weight excluding hydrogens is 276 g/mol. The lowest BCUT2D eigenvalue weighted by Crippen LogP contribution is -2.51. The third-order valence-electron chi connectivity index (χ3n) is 4.33. The van der Waals surface area contributed by atoms with E-state index in [2.05, 4.69) is 4.98 Å². The molecule has 1 aromatic rings. The molecule has 2 aliphatic heterocycles. The fourth-order valence-electron chi connectivity index (χ4n) is 3.25. The Kier molecular flexibility index (Phi) is 3.42. The predicted octanol–water partition coefficient (Wildman–Crippen LogP) is -0.772. The standard InChI is InChI=1S/C13H18N4O4/c14-9(12(19)20)3-1-2-6-17-7-10-15-4-5-16(10)13(17)21-11(18)8-17/h4-5,9,13H,1-3,6-8,14H2/p+2. The average molecular weight is 296 g/mol. The Morgan fingerprint density at radius 1 is 1.57 bits per heavy atom. The summed E-state index contributed by atoms with van der Waals surface area (Å²) in [5, 5.41) is 8.77. The van der Waals surface area contributed by atoms with Crippen molar-refractivity contribution in [3.05, 3.63) is 18.2 Å². The number of esters is 1. The van der Waals surface area contributed by atoms with Crippen LogP contribution >= 0.6 is 0 Å². The maximum atomic E-state index is 11.7. The van der Waals surface area contributed by atoms with E-state index >= 15 is 0 Å². The second-order valence-electron chi connectivity index (χ2n) is 5.83. The van der Waals surface area contributed by atoms with Crippen molar-refractivity contribution >= 4 is 11.9 Å². The van der Waals surface area contributed by atoms with Crippen LogP contribution in [0.15, 0.2) is 12.4 Å². The minimum absolute atomic E-state index is 0.179. The molecule has 0 radical (unpaired) electrons. The topological polar surface area (TPSA) is 109 Å². The smallest absolute Gasteiger partial charge is 0.390 e. The van der Waals surface area contributed by atoms with E-state index < -0.39 is 12.0 Å². The van der Waals surface area contributed by atoms with E-state index in [9.17, 15) is 9.59 Å². The number of nitrogens with one attached hydrogen (secondary N) is 1. The van der Waals surface area contributed by atoms with E-state index in [-0.39, 0.29) is 12.3 Å². The molecule has 3 heterocycles. The maximum Gasteiger partial charge on any atom is 0.390 e. The lowest BCUT2D eigenvalue weighted by molar-refractivity contribution is -1.06. The fourth-order valence-corrected chi connectivity index (χ4v) is 3.25. The zero-order valence-corrected chi connectivity index (χ0v) is 11.7. The molecule has 3 rings (SSSR count). The third-order valence-corrected chi connectivity index (χ3v) is 4.33. The molecule has 8 heteroatoms. The van der Waals surface area contributed by atoms with Gasteiger partial charge in [0.25, 0.3) is 0 Å². The summed E-state index contributed by atoms with van der Waals surface area (Å²) in [4.78, 5) is 25.5. The number of nitrogens with zero attached hydrogens (tertiary/aromatic N) is 2. The molecule has 0 aromatic carbocycles. The summed E-state index contributed by atoms with van der Waals surface area (Å²) < 4.78 is 7.98. The van der Waals surface area contributed by atoms with Crippen LogP contribution in [0.25, 0.3) is 0 Å². The number of imidazole rings is 1. The average Bonchev–Trinajstić information content (AvgIpc) is 3.04. The number of H-pyrrole nitrogens is 1. The SMILES string of the molecule is NC(CCCC[N+]12CC(=O)OC1[n+]1cc[nH]c1C2)C(=O)O. The Balaban J connectivity index is 1.60. The number of quaternary nitrogens is 1. The zero-order chi connectivity index (χ0) is 15.0. The summed E-state index contributed by atoms with van der Waals surface area (Å²) in [6.07, 6.45) is 5.44. The van der Waals surface area contributed by atoms with Crippen LogP contribution < -0.4 is 10.3 Å². The molecule has 0 aliphatic carbocycles. The van der Waals surface area contributed by atoms with E-state index in [1.807, 2.05) is 17.0 Å². The Bertz CT molecular complexity index is 572. The maximum absolute atomic E-state index is 11.7. The van der Waals surface area contributed by atoms with Gasteiger partial charge >= 0.3 is 24.1 Å². The van der Waals surface area contributed by atoms with E-state index in [4.69, 9.17) is 15.6 Å². The largest absolute Gasteiger partial charge is 0.480 e. The highest BCUT2D eigenvalue weighted by atomic mass is 16.6. The van der Waals surface area contributed by atoms with Crippen LogP contribution in [0, 0.1) is 0 Å². The molecule has 3 unspecified atom stereocenters. The number of rotatable bonds is 6. The van der Waals surface area contributed by atoms with Gasteiger partial charge in [-0.25, -0.2) is 14.3 Å². The first-order valence-electron chi connectivity index (χ1n) is 7.13. The van der Waals surface area contributed by atoms with Crippen molar-refractivity contribution in [2.24, 2.45) is 5.73 Å². The lowest BCUT2D eigenvalue weighted by Gasteiger charge is -2.27. The quantitative estimate of drug-likeness (QED) is 0.276. The lowest BCUT2D eigenvalue weighted by atomic mass is 10.1. The summed E-state index contributed by atoms with van der Waals surface area (Å²) >= 11 is 0. The van der Waals surface area contributed by atoms with Crippen LogP contribution in [0.4, 0.5) is 0 Å². The Hall–Kier alpha value is -1.93. The van der Waals surface area contributed by atoms with Crippen LogP contribution in [0.5, 0.6) is 0 Å². The molecule has 0 bridgehead atoms. The molecule has 8 nitrogen and oxygen atoms in total. The number of unbranched alkanes of at least 4 members (excludes halogenated alkanes) is 1. The molecule has 2 aliphatic rings. The van der Waals surface area contributed by atoms with Gasteiger partial charge in [0.05, 0.1) is 6.54 Å². The second kappa shape index (κ2) is 5.12. The second-order valence-corrected chi connectivity index (χ2v) is 5.83. The summed E-state index contributed by atoms with van der Waals surface area (Å²) in [5.41, 5.74) is 5.50. The molecule has 0 saturated carbocycles. The number of ether oxygens (including phenoxy) is 1. The first-order chi connectivity index (χ1) is 10.0. The van der Waals surface area contributed by atoms with Gasteiger partial charge in [0, 0.05) is 0 Å². The van der Waals surface area contributed by atoms with Gasteiger partial charge in [0.2, 0.25) is 0 Å². The molecule has 4 N–H and O–H groups in total. The molecule has 114 valence electrons. The summed E-state index contributed by atoms with van der Waals surface area (Å²) in [7, 11) is 0. The van der Waals surface area contributed by atoms with E-state index in [1.165, 1.54) is 0 Å². The molecule has 1 aromatic heterocycles. The van der Waals surface area contributed by atoms with Crippen molar-refractivity contribution in [1.29, 1.82) is 0 Å². The number of carboxylic acid groups (broad SMARTS) is 1. The molecule has 1 fully saturated rings. The number of hydrogen-bond donors (Lipinski definition) is 3. The normalized spacial score (nSPS) is 28.0. The van der Waals surface area contributed by atoms with Crippen molar-refractivity contribution in [3.8, 4) is 0 Å². The predicted molar refractivity (Wildman–Crippen MR) is 69.3 cm³/mol. The van der Waals surface area contributed by atoms with Gasteiger partial charge in [-0.05, 0) is 19.3 Å². The van der Waals surface area contributed by atoms with E-state index in [1.54, 1.807) is 0 Å². The van der Waals surface area contributed by atoms with Gasteiger partial charge in [0.15, 0.2) is 13.1 Å². The van der Waals surface area contributed by atoms with Crippen molar-refractivity contribution < 1.29 is 28.5 Å². The molecule has 21 heavy (non-hydrogen) atoms. The molecule has 0 spiro atoms.